The standard InChI is InChI=1S/C16H23NO5/c1-3-22-16(21)15(11(2)18)13(9-14(19)20)17-10-12-7-5-4-6-8-12/h4-8,11,13,15,17-18H,3,9-10H2,1-2H3,(H,19,20). The highest BCUT2D eigenvalue weighted by atomic mass is 16.5. The van der Waals surface area contributed by atoms with E-state index in [0.29, 0.717) is 6.54 Å². The zero-order valence-corrected chi connectivity index (χ0v) is 12.9. The van der Waals surface area contributed by atoms with Crippen molar-refractivity contribution >= 4 is 11.9 Å². The Kier molecular flexibility index (Phi) is 7.56. The van der Waals surface area contributed by atoms with Gasteiger partial charge in [0, 0.05) is 12.6 Å². The Labute approximate surface area is 130 Å². The van der Waals surface area contributed by atoms with E-state index >= 15 is 0 Å². The number of hydrogen-bond acceptors (Lipinski definition) is 5. The Morgan fingerprint density at radius 1 is 1.27 bits per heavy atom. The molecule has 0 saturated carbocycles. The van der Waals surface area contributed by atoms with Crippen molar-refractivity contribution in [2.45, 2.75) is 39.0 Å². The first-order chi connectivity index (χ1) is 10.5. The summed E-state index contributed by atoms with van der Waals surface area (Å²) in [6, 6.07) is 8.72. The van der Waals surface area contributed by atoms with Crippen molar-refractivity contribution < 1.29 is 24.5 Å². The maximum atomic E-state index is 12.0. The van der Waals surface area contributed by atoms with Crippen LogP contribution >= 0.6 is 0 Å². The quantitative estimate of drug-likeness (QED) is 0.593. The molecule has 6 heteroatoms. The van der Waals surface area contributed by atoms with Crippen LogP contribution in [0.4, 0.5) is 0 Å². The number of carbonyl (C=O) groups is 2. The first kappa shape index (κ1) is 18.1. The van der Waals surface area contributed by atoms with E-state index in [1.165, 1.54) is 6.92 Å². The van der Waals surface area contributed by atoms with Crippen LogP contribution in [0.25, 0.3) is 0 Å². The van der Waals surface area contributed by atoms with E-state index in [1.807, 2.05) is 30.3 Å². The van der Waals surface area contributed by atoms with Gasteiger partial charge in [-0.25, -0.2) is 0 Å². The van der Waals surface area contributed by atoms with Crippen molar-refractivity contribution in [1.29, 1.82) is 0 Å². The van der Waals surface area contributed by atoms with Crippen molar-refractivity contribution in [2.75, 3.05) is 6.61 Å². The third-order valence-electron chi connectivity index (χ3n) is 3.32. The molecular weight excluding hydrogens is 286 g/mol. The molecule has 122 valence electrons. The van der Waals surface area contributed by atoms with E-state index in [9.17, 15) is 14.7 Å². The fraction of sp³-hybridized carbons (Fsp3) is 0.500. The van der Waals surface area contributed by atoms with E-state index in [2.05, 4.69) is 5.32 Å². The van der Waals surface area contributed by atoms with Gasteiger partial charge in [-0.05, 0) is 19.4 Å². The molecule has 0 aliphatic carbocycles. The molecule has 0 fully saturated rings. The summed E-state index contributed by atoms with van der Waals surface area (Å²) in [4.78, 5) is 23.1. The molecule has 0 bridgehead atoms. The number of hydrogen-bond donors (Lipinski definition) is 3. The maximum Gasteiger partial charge on any atom is 0.313 e. The largest absolute Gasteiger partial charge is 0.481 e. The number of carbonyl (C=O) groups excluding carboxylic acids is 1. The van der Waals surface area contributed by atoms with Gasteiger partial charge in [-0.3, -0.25) is 9.59 Å². The van der Waals surface area contributed by atoms with E-state index < -0.39 is 30.0 Å². The number of esters is 1. The second-order valence-electron chi connectivity index (χ2n) is 5.09. The average Bonchev–Trinajstić information content (AvgIpc) is 2.45. The number of aliphatic hydroxyl groups excluding tert-OH is 1. The summed E-state index contributed by atoms with van der Waals surface area (Å²) in [6.45, 7) is 3.71. The summed E-state index contributed by atoms with van der Waals surface area (Å²) in [7, 11) is 0. The van der Waals surface area contributed by atoms with Crippen LogP contribution in [0.5, 0.6) is 0 Å². The molecule has 6 nitrogen and oxygen atoms in total. The molecule has 1 rings (SSSR count). The number of carboxylic acids is 1. The Balaban J connectivity index is 2.83. The third kappa shape index (κ3) is 5.83. The fourth-order valence-corrected chi connectivity index (χ4v) is 2.29. The Morgan fingerprint density at radius 3 is 2.41 bits per heavy atom. The summed E-state index contributed by atoms with van der Waals surface area (Å²) in [5.41, 5.74) is 0.964. The van der Waals surface area contributed by atoms with Gasteiger partial charge in [0.1, 0.15) is 0 Å². The highest BCUT2D eigenvalue weighted by Crippen LogP contribution is 2.16. The molecule has 22 heavy (non-hydrogen) atoms. The van der Waals surface area contributed by atoms with Crippen molar-refractivity contribution in [3.8, 4) is 0 Å². The second kappa shape index (κ2) is 9.17. The first-order valence-electron chi connectivity index (χ1n) is 7.29. The van der Waals surface area contributed by atoms with E-state index in [0.717, 1.165) is 5.56 Å². The molecule has 0 saturated heterocycles. The van der Waals surface area contributed by atoms with Crippen LogP contribution in [0.15, 0.2) is 30.3 Å². The Bertz CT molecular complexity index is 475. The van der Waals surface area contributed by atoms with Gasteiger partial charge in [0.2, 0.25) is 0 Å². The lowest BCUT2D eigenvalue weighted by atomic mass is 9.91. The van der Waals surface area contributed by atoms with Gasteiger partial charge in [-0.2, -0.15) is 0 Å². The highest BCUT2D eigenvalue weighted by Gasteiger charge is 2.34. The van der Waals surface area contributed by atoms with E-state index in [4.69, 9.17) is 9.84 Å². The summed E-state index contributed by atoms with van der Waals surface area (Å²) in [5, 5.41) is 22.0. The molecule has 3 N–H and O–H groups in total. The van der Waals surface area contributed by atoms with E-state index in [-0.39, 0.29) is 13.0 Å². The Morgan fingerprint density at radius 2 is 1.91 bits per heavy atom. The number of aliphatic hydroxyl groups is 1. The molecule has 0 amide bonds. The molecule has 0 heterocycles. The lowest BCUT2D eigenvalue weighted by molar-refractivity contribution is -0.154. The van der Waals surface area contributed by atoms with Gasteiger partial charge in [0.15, 0.2) is 0 Å². The lowest BCUT2D eigenvalue weighted by Crippen LogP contribution is -2.46. The number of carboxylic acid groups (broad SMARTS) is 1. The SMILES string of the molecule is CCOC(=O)C(C(C)O)C(CC(=O)O)NCc1ccccc1. The molecule has 0 aliphatic rings. The van der Waals surface area contributed by atoms with Crippen LogP contribution in [0.2, 0.25) is 0 Å². The smallest absolute Gasteiger partial charge is 0.313 e. The van der Waals surface area contributed by atoms with Crippen LogP contribution in [-0.2, 0) is 20.9 Å². The van der Waals surface area contributed by atoms with Gasteiger partial charge >= 0.3 is 11.9 Å². The van der Waals surface area contributed by atoms with Crippen molar-refractivity contribution in [2.24, 2.45) is 5.92 Å². The molecule has 3 atom stereocenters. The monoisotopic (exact) mass is 309 g/mol. The predicted molar refractivity (Wildman–Crippen MR) is 81.1 cm³/mol. The van der Waals surface area contributed by atoms with Gasteiger partial charge in [-0.1, -0.05) is 30.3 Å². The van der Waals surface area contributed by atoms with E-state index in [1.54, 1.807) is 6.92 Å². The maximum absolute atomic E-state index is 12.0. The van der Waals surface area contributed by atoms with Gasteiger partial charge in [0.25, 0.3) is 0 Å². The predicted octanol–water partition coefficient (Wildman–Crippen LogP) is 1.18. The van der Waals surface area contributed by atoms with Gasteiger partial charge in [0.05, 0.1) is 25.0 Å². The van der Waals surface area contributed by atoms with Crippen LogP contribution in [0.1, 0.15) is 25.8 Å². The molecule has 0 spiro atoms. The molecular formula is C16H23NO5. The molecule has 3 unspecified atom stereocenters. The van der Waals surface area contributed by atoms with Crippen molar-refractivity contribution in [3.63, 3.8) is 0 Å². The summed E-state index contributed by atoms with van der Waals surface area (Å²) in [5.74, 6) is -2.57. The molecule has 0 aliphatic heterocycles. The minimum atomic E-state index is -1.04. The van der Waals surface area contributed by atoms with Gasteiger partial charge < -0.3 is 20.3 Å². The third-order valence-corrected chi connectivity index (χ3v) is 3.32. The van der Waals surface area contributed by atoms with Crippen LogP contribution < -0.4 is 5.32 Å². The fourth-order valence-electron chi connectivity index (χ4n) is 2.29. The molecule has 0 radical (unpaired) electrons. The highest BCUT2D eigenvalue weighted by molar-refractivity contribution is 5.76. The minimum absolute atomic E-state index is 0.181. The van der Waals surface area contributed by atoms with Crippen LogP contribution in [0.3, 0.4) is 0 Å². The summed E-state index contributed by atoms with van der Waals surface area (Å²) >= 11 is 0. The summed E-state index contributed by atoms with van der Waals surface area (Å²) < 4.78 is 4.95. The number of benzene rings is 1. The lowest BCUT2D eigenvalue weighted by Gasteiger charge is -2.27. The average molecular weight is 309 g/mol. The number of nitrogens with one attached hydrogen (secondary N) is 1. The minimum Gasteiger partial charge on any atom is -0.481 e. The second-order valence-corrected chi connectivity index (χ2v) is 5.09. The number of ether oxygens (including phenoxy) is 1. The molecule has 0 aromatic heterocycles. The van der Waals surface area contributed by atoms with Gasteiger partial charge in [-0.15, -0.1) is 0 Å². The molecule has 1 aromatic rings. The molecule has 1 aromatic carbocycles. The number of aliphatic carboxylic acids is 1. The van der Waals surface area contributed by atoms with Crippen LogP contribution in [-0.4, -0.2) is 40.9 Å². The normalized spacial score (nSPS) is 14.9. The zero-order valence-electron chi connectivity index (χ0n) is 12.9. The number of rotatable bonds is 9. The first-order valence-corrected chi connectivity index (χ1v) is 7.29. The Hall–Kier alpha value is -1.92. The zero-order chi connectivity index (χ0) is 16.5. The topological polar surface area (TPSA) is 95.9 Å². The van der Waals surface area contributed by atoms with Crippen LogP contribution in [0, 0.1) is 5.92 Å². The van der Waals surface area contributed by atoms with Crippen molar-refractivity contribution in [1.82, 2.24) is 5.32 Å². The summed E-state index contributed by atoms with van der Waals surface area (Å²) in [6.07, 6.45) is -1.28. The van der Waals surface area contributed by atoms with Crippen molar-refractivity contribution in [3.05, 3.63) is 35.9 Å².